The summed E-state index contributed by atoms with van der Waals surface area (Å²) in [7, 11) is 2.01. The van der Waals surface area contributed by atoms with Crippen molar-refractivity contribution in [2.24, 2.45) is 0 Å². The zero-order valence-electron chi connectivity index (χ0n) is 4.16. The second-order valence-corrected chi connectivity index (χ2v) is 2.19. The molecule has 0 amide bonds. The van der Waals surface area contributed by atoms with E-state index in [9.17, 15) is 0 Å². The lowest BCUT2D eigenvalue weighted by Gasteiger charge is -2.08. The summed E-state index contributed by atoms with van der Waals surface area (Å²) in [6.45, 7) is 0. The Hall–Kier alpha value is -0.370. The first-order valence-electron chi connectivity index (χ1n) is 2.10. The molecular formula is C5H7NS. The van der Waals surface area contributed by atoms with Gasteiger partial charge in [-0.25, -0.2) is 0 Å². The molecule has 2 heteroatoms. The van der Waals surface area contributed by atoms with E-state index in [-0.39, 0.29) is 0 Å². The largest absolute Gasteiger partial charge is 0.356 e. The molecule has 1 aliphatic rings. The number of rotatable bonds is 0. The van der Waals surface area contributed by atoms with E-state index in [1.165, 1.54) is 0 Å². The molecule has 1 aliphatic heterocycles. The van der Waals surface area contributed by atoms with Gasteiger partial charge in [0.15, 0.2) is 0 Å². The lowest BCUT2D eigenvalue weighted by molar-refractivity contribution is 0.627. The summed E-state index contributed by atoms with van der Waals surface area (Å²) in [6.07, 6.45) is 4.04. The van der Waals surface area contributed by atoms with Gasteiger partial charge in [0, 0.05) is 19.4 Å². The van der Waals surface area contributed by atoms with E-state index in [4.69, 9.17) is 0 Å². The van der Waals surface area contributed by atoms with Gasteiger partial charge in [-0.3, -0.25) is 0 Å². The van der Waals surface area contributed by atoms with Gasteiger partial charge >= 0.3 is 0 Å². The van der Waals surface area contributed by atoms with Gasteiger partial charge < -0.3 is 4.90 Å². The van der Waals surface area contributed by atoms with Crippen molar-refractivity contribution in [3.8, 4) is 0 Å². The van der Waals surface area contributed by atoms with E-state index < -0.39 is 0 Å². The monoisotopic (exact) mass is 113 g/mol. The first-order valence-corrected chi connectivity index (χ1v) is 3.04. The van der Waals surface area contributed by atoms with Gasteiger partial charge in [-0.05, 0) is 10.8 Å². The highest BCUT2D eigenvalue weighted by atomic mass is 32.2. The van der Waals surface area contributed by atoms with Crippen molar-refractivity contribution in [2.45, 2.75) is 0 Å². The Morgan fingerprint density at radius 3 is 2.14 bits per heavy atom. The summed E-state index contributed by atoms with van der Waals surface area (Å²) >= 11 is 1.70. The summed E-state index contributed by atoms with van der Waals surface area (Å²) in [4.78, 5) is 2.01. The predicted octanol–water partition coefficient (Wildman–Crippen LogP) is 1.61. The van der Waals surface area contributed by atoms with Crippen LogP contribution in [0.25, 0.3) is 0 Å². The molecule has 0 saturated carbocycles. The van der Waals surface area contributed by atoms with Crippen LogP contribution in [0.5, 0.6) is 0 Å². The average molecular weight is 113 g/mol. The first-order chi connectivity index (χ1) is 3.39. The van der Waals surface area contributed by atoms with Crippen LogP contribution in [0.3, 0.4) is 0 Å². The van der Waals surface area contributed by atoms with Gasteiger partial charge in [0.2, 0.25) is 0 Å². The molecule has 0 aliphatic carbocycles. The zero-order chi connectivity index (χ0) is 5.11. The van der Waals surface area contributed by atoms with Gasteiger partial charge in [-0.1, -0.05) is 0 Å². The van der Waals surface area contributed by atoms with E-state index in [2.05, 4.69) is 0 Å². The molecule has 0 bridgehead atoms. The molecule has 38 valence electrons. The Kier molecular flexibility index (Phi) is 1.42. The third-order valence-corrected chi connectivity index (χ3v) is 1.31. The van der Waals surface area contributed by atoms with Crippen molar-refractivity contribution < 1.29 is 0 Å². The first kappa shape index (κ1) is 4.78. The van der Waals surface area contributed by atoms with Crippen molar-refractivity contribution in [1.29, 1.82) is 0 Å². The molecule has 0 aromatic carbocycles. The van der Waals surface area contributed by atoms with Crippen LogP contribution in [0, 0.1) is 0 Å². The van der Waals surface area contributed by atoms with Crippen molar-refractivity contribution in [1.82, 2.24) is 4.90 Å². The molecule has 7 heavy (non-hydrogen) atoms. The van der Waals surface area contributed by atoms with Gasteiger partial charge in [0.05, 0.1) is 0 Å². The normalized spacial score (nSPS) is 18.1. The summed E-state index contributed by atoms with van der Waals surface area (Å²) in [5, 5.41) is 4.08. The molecule has 0 radical (unpaired) electrons. The summed E-state index contributed by atoms with van der Waals surface area (Å²) in [5.41, 5.74) is 0. The third-order valence-electron chi connectivity index (χ3n) is 0.749. The summed E-state index contributed by atoms with van der Waals surface area (Å²) in [5.74, 6) is 0. The Labute approximate surface area is 47.7 Å². The smallest absolute Gasteiger partial charge is 0.0107 e. The van der Waals surface area contributed by atoms with Crippen molar-refractivity contribution in [3.63, 3.8) is 0 Å². The van der Waals surface area contributed by atoms with Crippen LogP contribution in [0.1, 0.15) is 0 Å². The second-order valence-electron chi connectivity index (χ2n) is 1.37. The number of hydrogen-bond donors (Lipinski definition) is 0. The molecule has 1 heterocycles. The predicted molar refractivity (Wildman–Crippen MR) is 33.6 cm³/mol. The lowest BCUT2D eigenvalue weighted by atomic mass is 10.8. The Morgan fingerprint density at radius 2 is 1.86 bits per heavy atom. The molecule has 0 aromatic heterocycles. The van der Waals surface area contributed by atoms with Crippen molar-refractivity contribution in [2.75, 3.05) is 7.05 Å². The van der Waals surface area contributed by atoms with Crippen molar-refractivity contribution >= 4 is 11.8 Å². The van der Waals surface area contributed by atoms with Crippen molar-refractivity contribution in [3.05, 3.63) is 23.2 Å². The molecule has 0 fully saturated rings. The summed E-state index contributed by atoms with van der Waals surface area (Å²) in [6, 6.07) is 0. The number of thioether (sulfide) groups is 1. The van der Waals surface area contributed by atoms with E-state index in [1.54, 1.807) is 11.8 Å². The van der Waals surface area contributed by atoms with E-state index >= 15 is 0 Å². The Balaban J connectivity index is 2.49. The van der Waals surface area contributed by atoms with Gasteiger partial charge in [0.25, 0.3) is 0 Å². The van der Waals surface area contributed by atoms with Crippen LogP contribution in [-0.2, 0) is 0 Å². The molecule has 0 saturated heterocycles. The number of nitrogens with zero attached hydrogens (tertiary/aromatic N) is 1. The third kappa shape index (κ3) is 1.27. The van der Waals surface area contributed by atoms with E-state index in [0.29, 0.717) is 0 Å². The highest BCUT2D eigenvalue weighted by molar-refractivity contribution is 8.04. The minimum atomic E-state index is 1.70. The topological polar surface area (TPSA) is 3.24 Å². The maximum absolute atomic E-state index is 2.04. The number of hydrogen-bond acceptors (Lipinski definition) is 2. The van der Waals surface area contributed by atoms with Crippen LogP contribution in [0.2, 0.25) is 0 Å². The zero-order valence-corrected chi connectivity index (χ0v) is 4.98. The second kappa shape index (κ2) is 2.07. The molecule has 0 atom stereocenters. The molecule has 0 N–H and O–H groups in total. The minimum absolute atomic E-state index is 1.70. The Morgan fingerprint density at radius 1 is 1.29 bits per heavy atom. The molecule has 0 aromatic rings. The SMILES string of the molecule is CN1C=CSC=C1. The van der Waals surface area contributed by atoms with Crippen LogP contribution in [0.15, 0.2) is 23.2 Å². The quantitative estimate of drug-likeness (QED) is 0.469. The summed E-state index contributed by atoms with van der Waals surface area (Å²) < 4.78 is 0. The van der Waals surface area contributed by atoms with Crippen LogP contribution in [0.4, 0.5) is 0 Å². The highest BCUT2D eigenvalue weighted by Gasteiger charge is 1.84. The highest BCUT2D eigenvalue weighted by Crippen LogP contribution is 2.09. The lowest BCUT2D eigenvalue weighted by Crippen LogP contribution is -1.99. The van der Waals surface area contributed by atoms with Gasteiger partial charge in [0.1, 0.15) is 0 Å². The van der Waals surface area contributed by atoms with Crippen LogP contribution < -0.4 is 0 Å². The standard InChI is InChI=1S/C5H7NS/c1-6-2-4-7-5-3-6/h2-5H,1H3. The van der Waals surface area contributed by atoms with Gasteiger partial charge in [-0.15, -0.1) is 11.8 Å². The fourth-order valence-corrected chi connectivity index (χ4v) is 0.973. The maximum atomic E-state index is 2.04. The minimum Gasteiger partial charge on any atom is -0.356 e. The maximum Gasteiger partial charge on any atom is 0.0107 e. The molecule has 0 spiro atoms. The molecule has 1 nitrogen and oxygen atoms in total. The average Bonchev–Trinajstić information content (AvgIpc) is 1.69. The van der Waals surface area contributed by atoms with E-state index in [0.717, 1.165) is 0 Å². The van der Waals surface area contributed by atoms with E-state index in [1.807, 2.05) is 35.2 Å². The molecular weight excluding hydrogens is 106 g/mol. The Bertz CT molecular complexity index is 94.6. The fraction of sp³-hybridized carbons (Fsp3) is 0.200. The van der Waals surface area contributed by atoms with Crippen LogP contribution >= 0.6 is 11.8 Å². The fourth-order valence-electron chi connectivity index (χ4n) is 0.357. The van der Waals surface area contributed by atoms with Gasteiger partial charge in [-0.2, -0.15) is 0 Å². The van der Waals surface area contributed by atoms with Crippen LogP contribution in [-0.4, -0.2) is 11.9 Å². The molecule has 1 rings (SSSR count). The molecule has 0 unspecified atom stereocenters.